The van der Waals surface area contributed by atoms with E-state index in [-0.39, 0.29) is 18.5 Å². The van der Waals surface area contributed by atoms with Crippen molar-refractivity contribution in [2.24, 2.45) is 0 Å². The van der Waals surface area contributed by atoms with Gasteiger partial charge in [0.25, 0.3) is 0 Å². The molecule has 1 aliphatic rings. The predicted octanol–water partition coefficient (Wildman–Crippen LogP) is 4.02. The lowest BCUT2D eigenvalue weighted by Gasteiger charge is -2.42. The Morgan fingerprint density at radius 3 is 1.52 bits per heavy atom. The van der Waals surface area contributed by atoms with E-state index in [1.165, 1.54) is 0 Å². The summed E-state index contributed by atoms with van der Waals surface area (Å²) in [5.74, 6) is 0. The van der Waals surface area contributed by atoms with E-state index in [1.54, 1.807) is 0 Å². The fraction of sp³-hybridized carbons (Fsp3) is 1.00. The van der Waals surface area contributed by atoms with Crippen LogP contribution in [0.25, 0.3) is 0 Å². The Kier molecular flexibility index (Phi) is 6.46. The number of rotatable bonds is 6. The Bertz CT molecular complexity index is 331. The molecule has 1 fully saturated rings. The van der Waals surface area contributed by atoms with Gasteiger partial charge in [-0.2, -0.15) is 0 Å². The van der Waals surface area contributed by atoms with Gasteiger partial charge in [0.15, 0.2) is 25.0 Å². The monoisotopic (exact) mass is 350 g/mol. The van der Waals surface area contributed by atoms with Crippen LogP contribution in [-0.4, -0.2) is 50.1 Å². The van der Waals surface area contributed by atoms with E-state index in [9.17, 15) is 0 Å². The minimum Gasteiger partial charge on any atom is -0.412 e. The molecule has 21 heavy (non-hydrogen) atoms. The van der Waals surface area contributed by atoms with Gasteiger partial charge in [0.05, 0.1) is 18.8 Å². The molecule has 0 amide bonds. The maximum absolute atomic E-state index is 6.37. The minimum atomic E-state index is -1.61. The van der Waals surface area contributed by atoms with Crippen molar-refractivity contribution >= 4 is 25.0 Å². The molecule has 0 saturated carbocycles. The van der Waals surface area contributed by atoms with Crippen LogP contribution in [-0.2, 0) is 18.0 Å². The quantitative estimate of drug-likeness (QED) is 0.678. The molecular formula is C14H34O4Si3. The van der Waals surface area contributed by atoms with Gasteiger partial charge in [-0.3, -0.25) is 0 Å². The molecule has 1 aliphatic heterocycles. The maximum atomic E-state index is 6.37. The summed E-state index contributed by atoms with van der Waals surface area (Å²) in [6, 6.07) is 0. The van der Waals surface area contributed by atoms with E-state index in [1.807, 2.05) is 0 Å². The average molecular weight is 351 g/mol. The van der Waals surface area contributed by atoms with Crippen molar-refractivity contribution in [3.63, 3.8) is 0 Å². The third kappa shape index (κ3) is 8.63. The van der Waals surface area contributed by atoms with Crippen molar-refractivity contribution in [3.05, 3.63) is 0 Å². The Morgan fingerprint density at radius 1 is 0.667 bits per heavy atom. The molecule has 126 valence electrons. The minimum absolute atomic E-state index is 0.0462. The molecule has 3 unspecified atom stereocenters. The molecule has 3 atom stereocenters. The lowest BCUT2D eigenvalue weighted by molar-refractivity contribution is -0.177. The second-order valence-electron chi connectivity index (χ2n) is 8.77. The highest BCUT2D eigenvalue weighted by atomic mass is 28.4. The maximum Gasteiger partial charge on any atom is 0.187 e. The van der Waals surface area contributed by atoms with Crippen LogP contribution in [0.1, 0.15) is 6.42 Å². The fourth-order valence-corrected chi connectivity index (χ4v) is 5.57. The fourth-order valence-electron chi connectivity index (χ4n) is 2.34. The molecule has 1 heterocycles. The molecule has 0 N–H and O–H groups in total. The van der Waals surface area contributed by atoms with E-state index in [4.69, 9.17) is 18.0 Å². The molecule has 0 aromatic heterocycles. The van der Waals surface area contributed by atoms with E-state index >= 15 is 0 Å². The van der Waals surface area contributed by atoms with Crippen LogP contribution in [0.5, 0.6) is 0 Å². The van der Waals surface area contributed by atoms with Crippen molar-refractivity contribution in [2.45, 2.75) is 83.8 Å². The van der Waals surface area contributed by atoms with Crippen molar-refractivity contribution < 1.29 is 18.0 Å². The summed E-state index contributed by atoms with van der Waals surface area (Å²) in [5.41, 5.74) is 0. The zero-order valence-electron chi connectivity index (χ0n) is 15.3. The van der Waals surface area contributed by atoms with E-state index in [0.717, 1.165) is 6.42 Å². The van der Waals surface area contributed by atoms with Gasteiger partial charge in [-0.1, -0.05) is 0 Å². The molecule has 7 heteroatoms. The SMILES string of the molecule is C[Si](C)(C)OC1CC(O[Si](C)(C)C)C(O[Si](C)(C)C)CO1. The van der Waals surface area contributed by atoms with Crippen LogP contribution in [0, 0.1) is 0 Å². The van der Waals surface area contributed by atoms with Crippen LogP contribution in [0.2, 0.25) is 58.9 Å². The molecule has 0 spiro atoms. The van der Waals surface area contributed by atoms with Crippen LogP contribution >= 0.6 is 0 Å². The molecule has 0 aromatic rings. The highest BCUT2D eigenvalue weighted by Crippen LogP contribution is 2.27. The molecular weight excluding hydrogens is 316 g/mol. The Morgan fingerprint density at radius 2 is 1.10 bits per heavy atom. The number of hydrogen-bond acceptors (Lipinski definition) is 4. The van der Waals surface area contributed by atoms with Gasteiger partial charge < -0.3 is 18.0 Å². The summed E-state index contributed by atoms with van der Waals surface area (Å²) in [6.45, 7) is 20.5. The first kappa shape index (κ1) is 19.5. The molecule has 0 radical (unpaired) electrons. The topological polar surface area (TPSA) is 36.9 Å². The summed E-state index contributed by atoms with van der Waals surface area (Å²) >= 11 is 0. The molecule has 1 rings (SSSR count). The summed E-state index contributed by atoms with van der Waals surface area (Å²) in [6.07, 6.45) is 0.784. The lowest BCUT2D eigenvalue weighted by Crippen LogP contribution is -2.53. The third-order valence-electron chi connectivity index (χ3n) is 2.78. The predicted molar refractivity (Wildman–Crippen MR) is 95.2 cm³/mol. The second kappa shape index (κ2) is 6.94. The second-order valence-corrected chi connectivity index (χ2v) is 22.1. The van der Waals surface area contributed by atoms with E-state index in [0.29, 0.717) is 6.61 Å². The van der Waals surface area contributed by atoms with Crippen molar-refractivity contribution in [1.29, 1.82) is 0 Å². The standard InChI is InChI=1S/C14H34O4Si3/c1-19(2,3)16-12-10-14(18-21(7,8)9)15-11-13(12)17-20(4,5)6/h12-14H,10-11H2,1-9H3. The Labute approximate surface area is 133 Å². The molecule has 0 bridgehead atoms. The van der Waals surface area contributed by atoms with E-state index in [2.05, 4.69) is 58.9 Å². The van der Waals surface area contributed by atoms with Crippen molar-refractivity contribution in [3.8, 4) is 0 Å². The Hall–Kier alpha value is 0.491. The zero-order chi connectivity index (χ0) is 16.5. The normalized spacial score (nSPS) is 28.7. The van der Waals surface area contributed by atoms with Gasteiger partial charge in [0.2, 0.25) is 0 Å². The first-order valence-corrected chi connectivity index (χ1v) is 18.1. The molecule has 4 nitrogen and oxygen atoms in total. The van der Waals surface area contributed by atoms with Crippen LogP contribution < -0.4 is 0 Å². The van der Waals surface area contributed by atoms with Gasteiger partial charge in [-0.25, -0.2) is 0 Å². The first-order valence-electron chi connectivity index (χ1n) is 7.90. The summed E-state index contributed by atoms with van der Waals surface area (Å²) in [5, 5.41) is 0. The van der Waals surface area contributed by atoms with Crippen molar-refractivity contribution in [1.82, 2.24) is 0 Å². The highest BCUT2D eigenvalue weighted by Gasteiger charge is 2.39. The van der Waals surface area contributed by atoms with Crippen molar-refractivity contribution in [2.75, 3.05) is 6.61 Å². The summed E-state index contributed by atoms with van der Waals surface area (Å²) in [4.78, 5) is 0. The van der Waals surface area contributed by atoms with E-state index < -0.39 is 25.0 Å². The first-order chi connectivity index (χ1) is 9.25. The van der Waals surface area contributed by atoms with Gasteiger partial charge in [0.1, 0.15) is 6.29 Å². The zero-order valence-corrected chi connectivity index (χ0v) is 18.3. The lowest BCUT2D eigenvalue weighted by atomic mass is 10.1. The largest absolute Gasteiger partial charge is 0.412 e. The molecule has 1 saturated heterocycles. The van der Waals surface area contributed by atoms with Gasteiger partial charge >= 0.3 is 0 Å². The molecule has 0 aromatic carbocycles. The Balaban J connectivity index is 2.74. The highest BCUT2D eigenvalue weighted by molar-refractivity contribution is 6.70. The summed E-state index contributed by atoms with van der Waals surface area (Å²) < 4.78 is 24.7. The van der Waals surface area contributed by atoms with Gasteiger partial charge in [-0.05, 0) is 58.9 Å². The van der Waals surface area contributed by atoms with Gasteiger partial charge in [0, 0.05) is 6.42 Å². The van der Waals surface area contributed by atoms with Crippen LogP contribution in [0.4, 0.5) is 0 Å². The van der Waals surface area contributed by atoms with Crippen LogP contribution in [0.15, 0.2) is 0 Å². The number of hydrogen-bond donors (Lipinski definition) is 0. The molecule has 0 aliphatic carbocycles. The number of ether oxygens (including phenoxy) is 1. The average Bonchev–Trinajstić information content (AvgIpc) is 2.15. The third-order valence-corrected chi connectivity index (χ3v) is 5.77. The smallest absolute Gasteiger partial charge is 0.187 e. The van der Waals surface area contributed by atoms with Crippen LogP contribution in [0.3, 0.4) is 0 Å². The summed E-state index contributed by atoms with van der Waals surface area (Å²) in [7, 11) is -4.82. The van der Waals surface area contributed by atoms with Gasteiger partial charge in [-0.15, -0.1) is 0 Å².